The summed E-state index contributed by atoms with van der Waals surface area (Å²) in [7, 11) is 0. The van der Waals surface area contributed by atoms with E-state index in [1.165, 1.54) is 10.5 Å². The number of nitrogens with zero attached hydrogens (tertiary/aromatic N) is 5. The van der Waals surface area contributed by atoms with E-state index in [0.717, 1.165) is 43.4 Å². The van der Waals surface area contributed by atoms with Crippen LogP contribution >= 0.6 is 11.8 Å². The van der Waals surface area contributed by atoms with Gasteiger partial charge in [0, 0.05) is 49.2 Å². The van der Waals surface area contributed by atoms with Crippen molar-refractivity contribution in [3.05, 3.63) is 78.8 Å². The van der Waals surface area contributed by atoms with Gasteiger partial charge in [-0.25, -0.2) is 4.98 Å². The van der Waals surface area contributed by atoms with Gasteiger partial charge in [-0.1, -0.05) is 42.5 Å². The standard InChI is InChI=1S/C24H25N5OS/c30-24(17-27-12-14-28(15-13-27)23-16-25-10-11-26-23)29-20-8-4-5-9-22(20)31-18-21(29)19-6-2-1-3-7-19/h1-11,16,21H,12-15,17-18H2/t21-/m0/s1. The quantitative estimate of drug-likeness (QED) is 0.631. The minimum atomic E-state index is 0.0504. The van der Waals surface area contributed by atoms with Gasteiger partial charge in [0.15, 0.2) is 0 Å². The smallest absolute Gasteiger partial charge is 0.241 e. The molecule has 7 heteroatoms. The van der Waals surface area contributed by atoms with Crippen LogP contribution in [0.25, 0.3) is 0 Å². The summed E-state index contributed by atoms with van der Waals surface area (Å²) >= 11 is 1.83. The lowest BCUT2D eigenvalue weighted by Crippen LogP contribution is -2.51. The number of thioether (sulfide) groups is 1. The number of hydrogen-bond acceptors (Lipinski definition) is 6. The van der Waals surface area contributed by atoms with Crippen molar-refractivity contribution in [3.8, 4) is 0 Å². The van der Waals surface area contributed by atoms with Gasteiger partial charge in [0.1, 0.15) is 5.82 Å². The van der Waals surface area contributed by atoms with Gasteiger partial charge in [-0.2, -0.15) is 0 Å². The molecule has 158 valence electrons. The maximum atomic E-state index is 13.6. The van der Waals surface area contributed by atoms with Crippen LogP contribution in [0.15, 0.2) is 78.1 Å². The van der Waals surface area contributed by atoms with E-state index in [2.05, 4.69) is 56.2 Å². The van der Waals surface area contributed by atoms with Crippen LogP contribution in [-0.4, -0.2) is 59.3 Å². The zero-order valence-corrected chi connectivity index (χ0v) is 18.1. The minimum Gasteiger partial charge on any atom is -0.353 e. The molecule has 2 aliphatic rings. The zero-order chi connectivity index (χ0) is 21.0. The van der Waals surface area contributed by atoms with Gasteiger partial charge in [0.25, 0.3) is 0 Å². The normalized spacial score (nSPS) is 19.2. The SMILES string of the molecule is O=C(CN1CCN(c2cnccn2)CC1)N1c2ccccc2SC[C@H]1c1ccccc1. The van der Waals surface area contributed by atoms with Crippen LogP contribution in [0.3, 0.4) is 0 Å². The average Bonchev–Trinajstić information content (AvgIpc) is 2.85. The third kappa shape index (κ3) is 4.29. The maximum Gasteiger partial charge on any atom is 0.241 e. The summed E-state index contributed by atoms with van der Waals surface area (Å²) in [5.41, 5.74) is 2.21. The highest BCUT2D eigenvalue weighted by atomic mass is 32.2. The lowest BCUT2D eigenvalue weighted by molar-refractivity contribution is -0.120. The van der Waals surface area contributed by atoms with Crippen molar-refractivity contribution in [3.63, 3.8) is 0 Å². The van der Waals surface area contributed by atoms with E-state index in [9.17, 15) is 4.79 Å². The predicted octanol–water partition coefficient (Wildman–Crippen LogP) is 3.48. The number of benzene rings is 2. The Morgan fingerprint density at radius 3 is 2.52 bits per heavy atom. The van der Waals surface area contributed by atoms with Crippen LogP contribution in [0.5, 0.6) is 0 Å². The molecule has 0 aliphatic carbocycles. The average molecular weight is 432 g/mol. The molecule has 6 nitrogen and oxygen atoms in total. The number of piperazine rings is 1. The summed E-state index contributed by atoms with van der Waals surface area (Å²) in [6.07, 6.45) is 5.21. The molecule has 2 aliphatic heterocycles. The van der Waals surface area contributed by atoms with Crippen LogP contribution in [0.4, 0.5) is 11.5 Å². The van der Waals surface area contributed by atoms with Crippen LogP contribution in [-0.2, 0) is 4.79 Å². The lowest BCUT2D eigenvalue weighted by Gasteiger charge is -2.40. The molecule has 3 aromatic rings. The van der Waals surface area contributed by atoms with Crippen molar-refractivity contribution >= 4 is 29.2 Å². The fourth-order valence-electron chi connectivity index (χ4n) is 4.28. The Labute approximate surface area is 186 Å². The van der Waals surface area contributed by atoms with Crippen molar-refractivity contribution in [1.82, 2.24) is 14.9 Å². The summed E-state index contributed by atoms with van der Waals surface area (Å²) in [6, 6.07) is 18.7. The first kappa shape index (κ1) is 20.0. The second-order valence-corrected chi connectivity index (χ2v) is 8.86. The predicted molar refractivity (Wildman–Crippen MR) is 125 cm³/mol. The monoisotopic (exact) mass is 431 g/mol. The Morgan fingerprint density at radius 1 is 0.968 bits per heavy atom. The van der Waals surface area contributed by atoms with Crippen LogP contribution in [0.2, 0.25) is 0 Å². The van der Waals surface area contributed by atoms with Crippen LogP contribution in [0.1, 0.15) is 11.6 Å². The molecule has 2 aromatic carbocycles. The van der Waals surface area contributed by atoms with E-state index in [1.807, 2.05) is 34.9 Å². The van der Waals surface area contributed by atoms with Crippen molar-refractivity contribution in [2.75, 3.05) is 48.3 Å². The Balaban J connectivity index is 1.32. The Morgan fingerprint density at radius 2 is 1.74 bits per heavy atom. The highest BCUT2D eigenvalue weighted by Crippen LogP contribution is 2.43. The summed E-state index contributed by atoms with van der Waals surface area (Å²) in [5.74, 6) is 1.93. The van der Waals surface area contributed by atoms with Gasteiger partial charge in [0.2, 0.25) is 5.91 Å². The first-order valence-electron chi connectivity index (χ1n) is 10.6. The molecule has 3 heterocycles. The molecule has 1 fully saturated rings. The van der Waals surface area contributed by atoms with E-state index >= 15 is 0 Å². The van der Waals surface area contributed by atoms with E-state index in [0.29, 0.717) is 6.54 Å². The Hall–Kier alpha value is -2.90. The molecule has 5 rings (SSSR count). The Kier molecular flexibility index (Phi) is 5.86. The number of rotatable bonds is 4. The van der Waals surface area contributed by atoms with Gasteiger partial charge in [-0.05, 0) is 17.7 Å². The van der Waals surface area contributed by atoms with Crippen LogP contribution < -0.4 is 9.80 Å². The van der Waals surface area contributed by atoms with Gasteiger partial charge < -0.3 is 9.80 Å². The number of carbonyl (C=O) groups excluding carboxylic acids is 1. The number of aromatic nitrogens is 2. The second-order valence-electron chi connectivity index (χ2n) is 7.80. The summed E-state index contributed by atoms with van der Waals surface area (Å²) in [4.78, 5) is 29.8. The fourth-order valence-corrected chi connectivity index (χ4v) is 5.44. The van der Waals surface area contributed by atoms with E-state index in [4.69, 9.17) is 0 Å². The van der Waals surface area contributed by atoms with Gasteiger partial charge in [-0.3, -0.25) is 14.7 Å². The molecule has 0 N–H and O–H groups in total. The van der Waals surface area contributed by atoms with E-state index in [-0.39, 0.29) is 11.9 Å². The van der Waals surface area contributed by atoms with Crippen molar-refractivity contribution < 1.29 is 4.79 Å². The summed E-state index contributed by atoms with van der Waals surface area (Å²) < 4.78 is 0. The molecule has 1 amide bonds. The maximum absolute atomic E-state index is 13.6. The molecule has 1 saturated heterocycles. The molecule has 0 saturated carbocycles. The number of hydrogen-bond donors (Lipinski definition) is 0. The molecule has 0 bridgehead atoms. The first-order chi connectivity index (χ1) is 15.3. The summed E-state index contributed by atoms with van der Waals surface area (Å²) in [5, 5.41) is 0. The highest BCUT2D eigenvalue weighted by Gasteiger charge is 2.33. The molecule has 31 heavy (non-hydrogen) atoms. The second kappa shape index (κ2) is 9.08. The minimum absolute atomic E-state index is 0.0504. The van der Waals surface area contributed by atoms with E-state index < -0.39 is 0 Å². The van der Waals surface area contributed by atoms with Gasteiger partial charge in [0.05, 0.1) is 24.5 Å². The fraction of sp³-hybridized carbons (Fsp3) is 0.292. The largest absolute Gasteiger partial charge is 0.353 e. The Bertz CT molecular complexity index is 1020. The number of anilines is 2. The van der Waals surface area contributed by atoms with Crippen LogP contribution in [0, 0.1) is 0 Å². The van der Waals surface area contributed by atoms with E-state index in [1.54, 1.807) is 18.6 Å². The van der Waals surface area contributed by atoms with Gasteiger partial charge in [-0.15, -0.1) is 11.8 Å². The summed E-state index contributed by atoms with van der Waals surface area (Å²) in [6.45, 7) is 3.79. The highest BCUT2D eigenvalue weighted by molar-refractivity contribution is 7.99. The molecule has 1 aromatic heterocycles. The van der Waals surface area contributed by atoms with Crippen molar-refractivity contribution in [2.24, 2.45) is 0 Å². The third-order valence-electron chi connectivity index (χ3n) is 5.89. The number of fused-ring (bicyclic) bond motifs is 1. The van der Waals surface area contributed by atoms with Crippen molar-refractivity contribution in [2.45, 2.75) is 10.9 Å². The topological polar surface area (TPSA) is 52.6 Å². The first-order valence-corrected chi connectivity index (χ1v) is 11.6. The number of para-hydroxylation sites is 1. The zero-order valence-electron chi connectivity index (χ0n) is 17.3. The van der Waals surface area contributed by atoms with Crippen molar-refractivity contribution in [1.29, 1.82) is 0 Å². The molecule has 0 spiro atoms. The third-order valence-corrected chi connectivity index (χ3v) is 7.03. The molecule has 0 radical (unpaired) electrons. The number of amides is 1. The molecular formula is C24H25N5OS. The number of carbonyl (C=O) groups is 1. The molecule has 0 unspecified atom stereocenters. The molecule has 1 atom stereocenters. The van der Waals surface area contributed by atoms with Gasteiger partial charge >= 0.3 is 0 Å². The lowest BCUT2D eigenvalue weighted by atomic mass is 10.1. The molecular weight excluding hydrogens is 406 g/mol.